The molecule has 1 aromatic rings. The normalized spacial score (nSPS) is 21.6. The van der Waals surface area contributed by atoms with Gasteiger partial charge in [0, 0.05) is 22.9 Å². The summed E-state index contributed by atoms with van der Waals surface area (Å²) in [6.45, 7) is 8.13. The second-order valence-electron chi connectivity index (χ2n) is 5.27. The molecule has 2 rings (SSSR count). The molecular weight excluding hydrogens is 236 g/mol. The summed E-state index contributed by atoms with van der Waals surface area (Å²) in [7, 11) is -0.387. The van der Waals surface area contributed by atoms with Gasteiger partial charge in [-0.1, -0.05) is 18.2 Å². The lowest BCUT2D eigenvalue weighted by atomic mass is 9.78. The summed E-state index contributed by atoms with van der Waals surface area (Å²) < 4.78 is 11.9. The van der Waals surface area contributed by atoms with Gasteiger partial charge in [-0.15, -0.1) is 0 Å². The molecule has 0 radical (unpaired) electrons. The van der Waals surface area contributed by atoms with Gasteiger partial charge in [-0.05, 0) is 33.8 Å². The van der Waals surface area contributed by atoms with Crippen LogP contribution in [0.4, 0.5) is 5.69 Å². The minimum Gasteiger partial charge on any atom is -0.399 e. The summed E-state index contributed by atoms with van der Waals surface area (Å²) in [5, 5.41) is 0. The van der Waals surface area contributed by atoms with Crippen molar-refractivity contribution in [3.05, 3.63) is 24.3 Å². The van der Waals surface area contributed by atoms with Crippen LogP contribution < -0.4 is 10.3 Å². The summed E-state index contributed by atoms with van der Waals surface area (Å²) in [5.74, 6) is 0. The molecule has 0 atom stereocenters. The van der Waals surface area contributed by atoms with Crippen molar-refractivity contribution in [1.29, 1.82) is 0 Å². The van der Waals surface area contributed by atoms with Crippen molar-refractivity contribution in [2.75, 3.05) is 4.84 Å². The molecule has 1 N–H and O–H groups in total. The summed E-state index contributed by atoms with van der Waals surface area (Å²) in [6.07, 6.45) is 0. The van der Waals surface area contributed by atoms with Crippen LogP contribution in [0.25, 0.3) is 0 Å². The summed E-state index contributed by atoms with van der Waals surface area (Å²) in [4.78, 5) is 2.64. The van der Waals surface area contributed by atoms with Gasteiger partial charge in [0.25, 0.3) is 0 Å². The molecule has 0 saturated carbocycles. The maximum Gasteiger partial charge on any atom is 0.497 e. The number of rotatable bonds is 2. The van der Waals surface area contributed by atoms with Crippen LogP contribution in [0.2, 0.25) is 0 Å². The lowest BCUT2D eigenvalue weighted by Crippen LogP contribution is -2.41. The van der Waals surface area contributed by atoms with Gasteiger partial charge in [0.15, 0.2) is 0 Å². The van der Waals surface area contributed by atoms with Crippen molar-refractivity contribution >= 4 is 30.0 Å². The Kier molecular flexibility index (Phi) is 3.14. The van der Waals surface area contributed by atoms with Crippen molar-refractivity contribution in [2.24, 2.45) is 0 Å². The molecule has 0 aliphatic carbocycles. The summed E-state index contributed by atoms with van der Waals surface area (Å²) >= 11 is 5.69. The standard InChI is InChI=1S/C12H17BClNO2/c1-11(2)12(3,4)17-13(16-11)9-7-5-6-8-10(9)15-14/h5-8,15H,1-4H3. The van der Waals surface area contributed by atoms with Gasteiger partial charge < -0.3 is 9.31 Å². The van der Waals surface area contributed by atoms with Crippen LogP contribution >= 0.6 is 11.8 Å². The monoisotopic (exact) mass is 253 g/mol. The maximum absolute atomic E-state index is 5.97. The molecule has 0 amide bonds. The molecule has 1 aliphatic rings. The zero-order valence-electron chi connectivity index (χ0n) is 10.6. The van der Waals surface area contributed by atoms with Gasteiger partial charge >= 0.3 is 7.12 Å². The molecule has 0 aromatic heterocycles. The minimum atomic E-state index is -0.387. The Labute approximate surface area is 108 Å². The number of para-hydroxylation sites is 1. The second kappa shape index (κ2) is 4.20. The minimum absolute atomic E-state index is 0.336. The lowest BCUT2D eigenvalue weighted by molar-refractivity contribution is 0.00578. The van der Waals surface area contributed by atoms with Crippen molar-refractivity contribution in [3.63, 3.8) is 0 Å². The van der Waals surface area contributed by atoms with Crippen LogP contribution in [-0.2, 0) is 9.31 Å². The average Bonchev–Trinajstić information content (AvgIpc) is 2.48. The second-order valence-corrected chi connectivity index (χ2v) is 5.46. The van der Waals surface area contributed by atoms with E-state index in [1.807, 2.05) is 52.0 Å². The molecule has 17 heavy (non-hydrogen) atoms. The van der Waals surface area contributed by atoms with Crippen LogP contribution in [0.1, 0.15) is 27.7 Å². The summed E-state index contributed by atoms with van der Waals surface area (Å²) in [5.41, 5.74) is 1.06. The van der Waals surface area contributed by atoms with Gasteiger partial charge in [-0.3, -0.25) is 4.84 Å². The largest absolute Gasteiger partial charge is 0.497 e. The molecule has 5 heteroatoms. The van der Waals surface area contributed by atoms with Gasteiger partial charge in [-0.2, -0.15) is 0 Å². The molecule has 0 unspecified atom stereocenters. The fourth-order valence-corrected chi connectivity index (χ4v) is 1.93. The summed E-state index contributed by atoms with van der Waals surface area (Å²) in [6, 6.07) is 7.71. The van der Waals surface area contributed by atoms with E-state index in [4.69, 9.17) is 21.1 Å². The van der Waals surface area contributed by atoms with Crippen LogP contribution in [-0.4, -0.2) is 18.3 Å². The number of hydrogen-bond acceptors (Lipinski definition) is 3. The van der Waals surface area contributed by atoms with Crippen molar-refractivity contribution in [1.82, 2.24) is 0 Å². The van der Waals surface area contributed by atoms with Gasteiger partial charge in [0.05, 0.1) is 11.2 Å². The molecule has 3 nitrogen and oxygen atoms in total. The predicted octanol–water partition coefficient (Wildman–Crippen LogP) is 2.55. The topological polar surface area (TPSA) is 30.5 Å². The highest BCUT2D eigenvalue weighted by molar-refractivity contribution is 6.64. The zero-order chi connectivity index (χ0) is 12.7. The third kappa shape index (κ3) is 2.17. The average molecular weight is 254 g/mol. The lowest BCUT2D eigenvalue weighted by Gasteiger charge is -2.32. The van der Waals surface area contributed by atoms with Crippen molar-refractivity contribution < 1.29 is 9.31 Å². The van der Waals surface area contributed by atoms with E-state index in [2.05, 4.69) is 4.84 Å². The smallest absolute Gasteiger partial charge is 0.399 e. The van der Waals surface area contributed by atoms with Crippen LogP contribution in [0.3, 0.4) is 0 Å². The first-order chi connectivity index (χ1) is 7.87. The first kappa shape index (κ1) is 12.7. The highest BCUT2D eigenvalue weighted by atomic mass is 35.5. The van der Waals surface area contributed by atoms with E-state index < -0.39 is 0 Å². The molecule has 1 aliphatic heterocycles. The van der Waals surface area contributed by atoms with E-state index in [9.17, 15) is 0 Å². The Morgan fingerprint density at radius 1 is 1.06 bits per heavy atom. The van der Waals surface area contributed by atoms with Crippen molar-refractivity contribution in [3.8, 4) is 0 Å². The Bertz CT molecular complexity index is 407. The fraction of sp³-hybridized carbons (Fsp3) is 0.500. The van der Waals surface area contributed by atoms with E-state index in [1.54, 1.807) is 0 Å². The Hall–Kier alpha value is -0.705. The first-order valence-corrected chi connectivity index (χ1v) is 6.06. The molecule has 92 valence electrons. The van der Waals surface area contributed by atoms with E-state index in [-0.39, 0.29) is 18.3 Å². The number of nitrogens with one attached hydrogen (secondary N) is 1. The van der Waals surface area contributed by atoms with E-state index in [1.165, 1.54) is 0 Å². The number of hydrogen-bond donors (Lipinski definition) is 1. The van der Waals surface area contributed by atoms with Gasteiger partial charge in [-0.25, -0.2) is 0 Å². The highest BCUT2D eigenvalue weighted by Gasteiger charge is 2.52. The Morgan fingerprint density at radius 2 is 1.59 bits per heavy atom. The number of halogens is 1. The van der Waals surface area contributed by atoms with Crippen molar-refractivity contribution in [2.45, 2.75) is 38.9 Å². The number of anilines is 1. The zero-order valence-corrected chi connectivity index (χ0v) is 11.3. The first-order valence-electron chi connectivity index (χ1n) is 5.68. The molecule has 1 aromatic carbocycles. The van der Waals surface area contributed by atoms with Gasteiger partial charge in [0.1, 0.15) is 0 Å². The fourth-order valence-electron chi connectivity index (χ4n) is 1.76. The van der Waals surface area contributed by atoms with Gasteiger partial charge in [0.2, 0.25) is 0 Å². The Morgan fingerprint density at radius 3 is 2.12 bits per heavy atom. The molecule has 1 fully saturated rings. The van der Waals surface area contributed by atoms with E-state index >= 15 is 0 Å². The van der Waals surface area contributed by atoms with E-state index in [0.29, 0.717) is 0 Å². The molecular formula is C12H17BClNO2. The maximum atomic E-state index is 5.97. The molecule has 0 bridgehead atoms. The highest BCUT2D eigenvalue weighted by Crippen LogP contribution is 2.36. The molecule has 1 heterocycles. The van der Waals surface area contributed by atoms with E-state index in [0.717, 1.165) is 11.2 Å². The predicted molar refractivity (Wildman–Crippen MR) is 71.6 cm³/mol. The quantitative estimate of drug-likeness (QED) is 0.649. The SMILES string of the molecule is CC1(C)OB(c2ccccc2NCl)OC1(C)C. The molecule has 0 spiro atoms. The van der Waals surface area contributed by atoms with Crippen LogP contribution in [0, 0.1) is 0 Å². The third-order valence-corrected chi connectivity index (χ3v) is 3.77. The number of benzene rings is 1. The third-order valence-electron chi connectivity index (χ3n) is 3.57. The van der Waals surface area contributed by atoms with Crippen LogP contribution in [0.5, 0.6) is 0 Å². The Balaban J connectivity index is 2.32. The van der Waals surface area contributed by atoms with Crippen LogP contribution in [0.15, 0.2) is 24.3 Å². The molecule has 1 saturated heterocycles.